The van der Waals surface area contributed by atoms with Gasteiger partial charge in [0.1, 0.15) is 0 Å². The molecule has 8 aromatic carbocycles. The zero-order valence-corrected chi connectivity index (χ0v) is 27.4. The molecule has 8 aromatic rings. The summed E-state index contributed by atoms with van der Waals surface area (Å²) in [6, 6.07) is 67.2. The van der Waals surface area contributed by atoms with E-state index in [1.54, 1.807) is 0 Å². The number of aryl methyl sites for hydroxylation is 1. The Kier molecular flexibility index (Phi) is 8.19. The van der Waals surface area contributed by atoms with Crippen LogP contribution in [-0.4, -0.2) is 0 Å². The van der Waals surface area contributed by atoms with Crippen LogP contribution >= 0.6 is 0 Å². The molecule has 2 nitrogen and oxygen atoms in total. The fraction of sp³-hybridized carbons (Fsp3) is 0.0213. The maximum atomic E-state index is 2.35. The van der Waals surface area contributed by atoms with Crippen LogP contribution in [0.5, 0.6) is 0 Å². The van der Waals surface area contributed by atoms with E-state index in [-0.39, 0.29) is 0 Å². The van der Waals surface area contributed by atoms with Gasteiger partial charge in [0.2, 0.25) is 0 Å². The lowest BCUT2D eigenvalue weighted by atomic mass is 10.1. The summed E-state index contributed by atoms with van der Waals surface area (Å²) in [5.74, 6) is 0. The Morgan fingerprint density at radius 3 is 1.27 bits per heavy atom. The predicted molar refractivity (Wildman–Crippen MR) is 211 cm³/mol. The molecule has 0 heterocycles. The first kappa shape index (κ1) is 30.0. The Morgan fingerprint density at radius 2 is 0.735 bits per heavy atom. The van der Waals surface area contributed by atoms with Crippen molar-refractivity contribution < 1.29 is 0 Å². The van der Waals surface area contributed by atoms with Crippen molar-refractivity contribution in [2.75, 3.05) is 9.80 Å². The Balaban J connectivity index is 1.08. The van der Waals surface area contributed by atoms with Gasteiger partial charge in [-0.2, -0.15) is 0 Å². The van der Waals surface area contributed by atoms with Crippen LogP contribution in [0.1, 0.15) is 16.7 Å². The van der Waals surface area contributed by atoms with Crippen LogP contribution in [0.25, 0.3) is 33.7 Å². The van der Waals surface area contributed by atoms with E-state index in [1.807, 2.05) is 0 Å². The van der Waals surface area contributed by atoms with Crippen LogP contribution in [0.3, 0.4) is 0 Å². The van der Waals surface area contributed by atoms with Gasteiger partial charge in [-0.3, -0.25) is 0 Å². The molecule has 0 N–H and O–H groups in total. The molecule has 0 aliphatic heterocycles. The monoisotopic (exact) mass is 628 g/mol. The molecule has 0 spiro atoms. The fourth-order valence-electron chi connectivity index (χ4n) is 6.56. The van der Waals surface area contributed by atoms with Gasteiger partial charge >= 0.3 is 0 Å². The minimum Gasteiger partial charge on any atom is -0.310 e. The van der Waals surface area contributed by atoms with Gasteiger partial charge in [-0.05, 0) is 112 Å². The molecular weight excluding hydrogens is 593 g/mol. The molecule has 0 bridgehead atoms. The topological polar surface area (TPSA) is 6.48 Å². The number of rotatable bonds is 8. The standard InChI is InChI=1S/C47H36N2/c1-35-11-5-10-18-47(35)49(42-16-3-2-4-17-42)44-29-23-37(24-30-44)20-19-36-21-27-43(28-22-36)48(45-31-25-38-12-6-8-14-40(38)33-45)46-32-26-39-13-7-9-15-41(39)34-46/h2-34H,1H3/b20-19+. The smallest absolute Gasteiger partial charge is 0.0490 e. The molecule has 0 fully saturated rings. The summed E-state index contributed by atoms with van der Waals surface area (Å²) in [6.07, 6.45) is 4.37. The first-order valence-corrected chi connectivity index (χ1v) is 16.8. The molecular formula is C47H36N2. The highest BCUT2D eigenvalue weighted by Gasteiger charge is 2.15. The second kappa shape index (κ2) is 13.4. The van der Waals surface area contributed by atoms with E-state index in [2.05, 4.69) is 217 Å². The van der Waals surface area contributed by atoms with E-state index in [1.165, 1.54) is 32.8 Å². The van der Waals surface area contributed by atoms with Crippen molar-refractivity contribution in [3.63, 3.8) is 0 Å². The van der Waals surface area contributed by atoms with Gasteiger partial charge in [0.15, 0.2) is 0 Å². The average molecular weight is 629 g/mol. The summed E-state index contributed by atoms with van der Waals surface area (Å²) in [4.78, 5) is 4.66. The summed E-state index contributed by atoms with van der Waals surface area (Å²) in [5, 5.41) is 4.92. The van der Waals surface area contributed by atoms with Crippen molar-refractivity contribution in [2.24, 2.45) is 0 Å². The summed E-state index contributed by atoms with van der Waals surface area (Å²) in [5.41, 5.74) is 10.4. The van der Waals surface area contributed by atoms with Gasteiger partial charge < -0.3 is 9.80 Å². The lowest BCUT2D eigenvalue weighted by molar-refractivity contribution is 1.25. The molecule has 234 valence electrons. The summed E-state index contributed by atoms with van der Waals surface area (Å²) < 4.78 is 0. The Bertz CT molecular complexity index is 2310. The number of para-hydroxylation sites is 2. The number of anilines is 6. The average Bonchev–Trinajstić information content (AvgIpc) is 3.16. The van der Waals surface area contributed by atoms with E-state index in [9.17, 15) is 0 Å². The normalized spacial score (nSPS) is 11.3. The van der Waals surface area contributed by atoms with Crippen molar-refractivity contribution in [3.05, 3.63) is 205 Å². The molecule has 0 radical (unpaired) electrons. The van der Waals surface area contributed by atoms with Crippen molar-refractivity contribution in [1.82, 2.24) is 0 Å². The zero-order valence-electron chi connectivity index (χ0n) is 27.4. The predicted octanol–water partition coefficient (Wildman–Crippen LogP) is 13.4. The third-order valence-electron chi connectivity index (χ3n) is 9.12. The third-order valence-corrected chi connectivity index (χ3v) is 9.12. The first-order chi connectivity index (χ1) is 24.2. The van der Waals surface area contributed by atoms with Gasteiger partial charge in [0.25, 0.3) is 0 Å². The maximum Gasteiger partial charge on any atom is 0.0490 e. The van der Waals surface area contributed by atoms with Gasteiger partial charge in [-0.25, -0.2) is 0 Å². The number of hydrogen-bond acceptors (Lipinski definition) is 2. The number of nitrogens with zero attached hydrogens (tertiary/aromatic N) is 2. The van der Waals surface area contributed by atoms with E-state index in [0.717, 1.165) is 39.6 Å². The van der Waals surface area contributed by atoms with Gasteiger partial charge in [0, 0.05) is 34.1 Å². The maximum absolute atomic E-state index is 2.35. The largest absolute Gasteiger partial charge is 0.310 e. The molecule has 0 saturated carbocycles. The molecule has 0 aliphatic rings. The van der Waals surface area contributed by atoms with Gasteiger partial charge in [-0.1, -0.05) is 133 Å². The summed E-state index contributed by atoms with van der Waals surface area (Å²) in [6.45, 7) is 2.16. The summed E-state index contributed by atoms with van der Waals surface area (Å²) >= 11 is 0. The second-order valence-electron chi connectivity index (χ2n) is 12.4. The number of hydrogen-bond donors (Lipinski definition) is 0. The van der Waals surface area contributed by atoms with Crippen molar-refractivity contribution in [1.29, 1.82) is 0 Å². The molecule has 0 atom stereocenters. The third kappa shape index (κ3) is 6.33. The second-order valence-corrected chi connectivity index (χ2v) is 12.4. The summed E-state index contributed by atoms with van der Waals surface area (Å²) in [7, 11) is 0. The molecule has 0 amide bonds. The highest BCUT2D eigenvalue weighted by molar-refractivity contribution is 5.92. The van der Waals surface area contributed by atoms with Crippen LogP contribution in [0, 0.1) is 6.92 Å². The van der Waals surface area contributed by atoms with E-state index >= 15 is 0 Å². The molecule has 8 rings (SSSR count). The minimum atomic E-state index is 1.12. The first-order valence-electron chi connectivity index (χ1n) is 16.8. The zero-order chi connectivity index (χ0) is 33.0. The molecule has 0 unspecified atom stereocenters. The Hall–Kier alpha value is -6.38. The van der Waals surface area contributed by atoms with Crippen LogP contribution in [0.15, 0.2) is 188 Å². The number of fused-ring (bicyclic) bond motifs is 2. The van der Waals surface area contributed by atoms with Gasteiger partial charge in [0.05, 0.1) is 0 Å². The highest BCUT2D eigenvalue weighted by atomic mass is 15.1. The molecule has 0 aromatic heterocycles. The van der Waals surface area contributed by atoms with Crippen molar-refractivity contribution >= 4 is 67.8 Å². The van der Waals surface area contributed by atoms with Crippen LogP contribution in [0.4, 0.5) is 34.1 Å². The molecule has 0 saturated heterocycles. The molecule has 0 aliphatic carbocycles. The SMILES string of the molecule is Cc1ccccc1N(c1ccccc1)c1ccc(/C=C/c2ccc(N(c3ccc4ccccc4c3)c3ccc4ccccc4c3)cc2)cc1. The van der Waals surface area contributed by atoms with Crippen molar-refractivity contribution in [3.8, 4) is 0 Å². The minimum absolute atomic E-state index is 1.12. The van der Waals surface area contributed by atoms with Gasteiger partial charge in [-0.15, -0.1) is 0 Å². The Labute approximate surface area is 288 Å². The highest BCUT2D eigenvalue weighted by Crippen LogP contribution is 2.38. The lowest BCUT2D eigenvalue weighted by Crippen LogP contribution is -2.11. The van der Waals surface area contributed by atoms with Crippen molar-refractivity contribution in [2.45, 2.75) is 6.92 Å². The van der Waals surface area contributed by atoms with E-state index < -0.39 is 0 Å². The Morgan fingerprint density at radius 1 is 0.327 bits per heavy atom. The van der Waals surface area contributed by atoms with Crippen LogP contribution < -0.4 is 9.80 Å². The van der Waals surface area contributed by atoms with E-state index in [4.69, 9.17) is 0 Å². The lowest BCUT2D eigenvalue weighted by Gasteiger charge is -2.27. The molecule has 49 heavy (non-hydrogen) atoms. The number of benzene rings is 8. The van der Waals surface area contributed by atoms with E-state index in [0.29, 0.717) is 0 Å². The molecule has 2 heteroatoms. The fourth-order valence-corrected chi connectivity index (χ4v) is 6.56. The van der Waals surface area contributed by atoms with Crippen LogP contribution in [0.2, 0.25) is 0 Å². The quantitative estimate of drug-likeness (QED) is 0.155. The van der Waals surface area contributed by atoms with Crippen LogP contribution in [-0.2, 0) is 0 Å².